The van der Waals surface area contributed by atoms with Gasteiger partial charge in [-0.05, 0) is 65.3 Å². The third-order valence-electron chi connectivity index (χ3n) is 7.34. The number of Topliss-reactive ketones (excluding diaryl/α,β-unsaturated/α-hetero) is 1. The number of ketones is 2. The standard InChI is InChI=1S/C27H20F3NO7/c1-35-21-7-12(6-18(32)25(21)33)22-15-8-19-20(38-11-37-19)9-16(15)24(17-10-36-26(34)23(17)22)31-14-4-2-13(3-5-14)27(28,29)30/h2-9,17,22-24,31H,10-11H2,1H3. The van der Waals surface area contributed by atoms with Crippen LogP contribution >= 0.6 is 0 Å². The van der Waals surface area contributed by atoms with Gasteiger partial charge in [-0.15, -0.1) is 0 Å². The Balaban J connectivity index is 1.48. The molecule has 4 aliphatic rings. The zero-order chi connectivity index (χ0) is 26.8. The summed E-state index contributed by atoms with van der Waals surface area (Å²) in [7, 11) is 1.28. The van der Waals surface area contributed by atoms with E-state index in [0.717, 1.165) is 12.1 Å². The van der Waals surface area contributed by atoms with Gasteiger partial charge in [-0.1, -0.05) is 0 Å². The van der Waals surface area contributed by atoms with Crippen LogP contribution in [0.15, 0.2) is 59.9 Å². The van der Waals surface area contributed by atoms with Gasteiger partial charge < -0.3 is 24.3 Å². The lowest BCUT2D eigenvalue weighted by molar-refractivity contribution is -0.141. The van der Waals surface area contributed by atoms with E-state index in [4.69, 9.17) is 18.9 Å². The summed E-state index contributed by atoms with van der Waals surface area (Å²) >= 11 is 0. The molecule has 0 bridgehead atoms. The van der Waals surface area contributed by atoms with Gasteiger partial charge in [-0.3, -0.25) is 14.4 Å². The van der Waals surface area contributed by atoms with E-state index in [1.165, 1.54) is 31.4 Å². The molecule has 0 spiro atoms. The number of hydrogen-bond acceptors (Lipinski definition) is 8. The van der Waals surface area contributed by atoms with E-state index in [2.05, 4.69) is 5.32 Å². The lowest BCUT2D eigenvalue weighted by Gasteiger charge is -2.40. The summed E-state index contributed by atoms with van der Waals surface area (Å²) in [6.45, 7) is 0.0470. The highest BCUT2D eigenvalue weighted by Crippen LogP contribution is 2.55. The number of ether oxygens (including phenoxy) is 4. The van der Waals surface area contributed by atoms with Crippen molar-refractivity contribution >= 4 is 23.2 Å². The van der Waals surface area contributed by atoms with Crippen molar-refractivity contribution < 1.29 is 46.5 Å². The highest BCUT2D eigenvalue weighted by molar-refractivity contribution is 6.47. The maximum absolute atomic E-state index is 13.1. The summed E-state index contributed by atoms with van der Waals surface area (Å²) in [5, 5.41) is 3.28. The minimum atomic E-state index is -4.47. The van der Waals surface area contributed by atoms with Gasteiger partial charge in [0.25, 0.3) is 5.78 Å². The van der Waals surface area contributed by atoms with Crippen molar-refractivity contribution in [2.24, 2.45) is 11.8 Å². The van der Waals surface area contributed by atoms with Crippen LogP contribution in [0.4, 0.5) is 18.9 Å². The Morgan fingerprint density at radius 1 is 0.947 bits per heavy atom. The van der Waals surface area contributed by atoms with E-state index >= 15 is 0 Å². The lowest BCUT2D eigenvalue weighted by atomic mass is 9.64. The first kappa shape index (κ1) is 24.1. The number of anilines is 1. The normalized spacial score (nSPS) is 25.7. The van der Waals surface area contributed by atoms with Crippen molar-refractivity contribution in [1.82, 2.24) is 0 Å². The number of hydrogen-bond donors (Lipinski definition) is 1. The zero-order valence-electron chi connectivity index (χ0n) is 19.8. The fourth-order valence-electron chi connectivity index (χ4n) is 5.61. The third-order valence-corrected chi connectivity index (χ3v) is 7.34. The van der Waals surface area contributed by atoms with Crippen LogP contribution in [0.3, 0.4) is 0 Å². The fraction of sp³-hybridized carbons (Fsp3) is 0.296. The van der Waals surface area contributed by atoms with E-state index in [9.17, 15) is 27.6 Å². The second-order valence-corrected chi connectivity index (χ2v) is 9.38. The second-order valence-electron chi connectivity index (χ2n) is 9.38. The van der Waals surface area contributed by atoms with Gasteiger partial charge in [0.2, 0.25) is 12.6 Å². The molecule has 4 atom stereocenters. The average Bonchev–Trinajstić information content (AvgIpc) is 3.50. The van der Waals surface area contributed by atoms with Gasteiger partial charge >= 0.3 is 12.1 Å². The van der Waals surface area contributed by atoms with E-state index in [0.29, 0.717) is 33.9 Å². The highest BCUT2D eigenvalue weighted by atomic mass is 19.4. The van der Waals surface area contributed by atoms with E-state index in [1.54, 1.807) is 12.1 Å². The summed E-state index contributed by atoms with van der Waals surface area (Å²) in [5.74, 6) is -3.13. The first-order valence-corrected chi connectivity index (χ1v) is 11.8. The molecule has 0 saturated carbocycles. The molecule has 38 heavy (non-hydrogen) atoms. The molecular formula is C27H20F3NO7. The van der Waals surface area contributed by atoms with Crippen LogP contribution in [0.1, 0.15) is 28.7 Å². The van der Waals surface area contributed by atoms with Crippen LogP contribution in [-0.2, 0) is 30.0 Å². The molecule has 2 aliphatic carbocycles. The van der Waals surface area contributed by atoms with Crippen molar-refractivity contribution in [2.45, 2.75) is 18.1 Å². The van der Waals surface area contributed by atoms with Crippen LogP contribution in [0.2, 0.25) is 0 Å². The Bertz CT molecular complexity index is 1430. The van der Waals surface area contributed by atoms with Crippen LogP contribution in [0, 0.1) is 11.8 Å². The number of halogens is 3. The molecule has 2 aliphatic heterocycles. The Morgan fingerprint density at radius 3 is 2.29 bits per heavy atom. The predicted molar refractivity (Wildman–Crippen MR) is 124 cm³/mol. The largest absolute Gasteiger partial charge is 0.492 e. The van der Waals surface area contributed by atoms with E-state index in [-0.39, 0.29) is 19.2 Å². The monoisotopic (exact) mass is 527 g/mol. The molecule has 2 aromatic carbocycles. The Labute approximate surface area is 214 Å². The SMILES string of the molecule is COC1=CC(C2c3cc4c(cc3C(Nc3ccc(C(F)(F)F)cc3)C3COC(=O)C23)OCO4)=CC(=O)C1=O. The maximum atomic E-state index is 13.1. The molecule has 2 aromatic rings. The molecule has 1 N–H and O–H groups in total. The minimum Gasteiger partial charge on any atom is -0.492 e. The first-order chi connectivity index (χ1) is 18.2. The van der Waals surface area contributed by atoms with E-state index < -0.39 is 53.1 Å². The number of benzene rings is 2. The molecule has 4 unspecified atom stereocenters. The summed E-state index contributed by atoms with van der Waals surface area (Å²) in [6.07, 6.45) is -1.82. The molecule has 0 amide bonds. The fourth-order valence-corrected chi connectivity index (χ4v) is 5.61. The van der Waals surface area contributed by atoms with Crippen LogP contribution < -0.4 is 14.8 Å². The first-order valence-electron chi connectivity index (χ1n) is 11.8. The number of nitrogens with one attached hydrogen (secondary N) is 1. The van der Waals surface area contributed by atoms with E-state index in [1.807, 2.05) is 0 Å². The summed E-state index contributed by atoms with van der Waals surface area (Å²) in [5.41, 5.74) is 1.39. The molecule has 1 fully saturated rings. The highest BCUT2D eigenvalue weighted by Gasteiger charge is 2.53. The molecule has 8 nitrogen and oxygen atoms in total. The summed E-state index contributed by atoms with van der Waals surface area (Å²) in [4.78, 5) is 37.8. The van der Waals surface area contributed by atoms with Gasteiger partial charge in [-0.25, -0.2) is 0 Å². The van der Waals surface area contributed by atoms with Gasteiger partial charge in [0, 0.05) is 17.5 Å². The maximum Gasteiger partial charge on any atom is 0.416 e. The molecule has 0 aromatic heterocycles. The number of carbonyl (C=O) groups is 3. The molecule has 2 heterocycles. The smallest absolute Gasteiger partial charge is 0.416 e. The molecule has 11 heteroatoms. The van der Waals surface area contributed by atoms with Crippen molar-refractivity contribution in [3.05, 3.63) is 76.6 Å². The molecule has 0 radical (unpaired) electrons. The van der Waals surface area contributed by atoms with Crippen molar-refractivity contribution in [3.63, 3.8) is 0 Å². The van der Waals surface area contributed by atoms with Crippen LogP contribution in [-0.4, -0.2) is 38.0 Å². The van der Waals surface area contributed by atoms with Crippen molar-refractivity contribution in [2.75, 3.05) is 25.8 Å². The van der Waals surface area contributed by atoms with Crippen molar-refractivity contribution in [1.29, 1.82) is 0 Å². The number of methoxy groups -OCH3 is 1. The number of allylic oxidation sites excluding steroid dienone is 4. The van der Waals surface area contributed by atoms with Gasteiger partial charge in [0.15, 0.2) is 17.3 Å². The lowest BCUT2D eigenvalue weighted by Crippen LogP contribution is -2.38. The number of esters is 1. The number of carbonyl (C=O) groups excluding carboxylic acids is 3. The van der Waals surface area contributed by atoms with Crippen LogP contribution in [0.5, 0.6) is 11.5 Å². The number of alkyl halides is 3. The zero-order valence-corrected chi connectivity index (χ0v) is 19.8. The minimum absolute atomic E-state index is 0.00178. The Kier molecular flexibility index (Phi) is 5.48. The van der Waals surface area contributed by atoms with Crippen LogP contribution in [0.25, 0.3) is 0 Å². The third kappa shape index (κ3) is 3.80. The molecule has 196 valence electrons. The second kappa shape index (κ2) is 8.64. The number of fused-ring (bicyclic) bond motifs is 3. The summed E-state index contributed by atoms with van der Waals surface area (Å²) < 4.78 is 61.0. The number of rotatable bonds is 4. The van der Waals surface area contributed by atoms with Gasteiger partial charge in [0.05, 0.1) is 31.2 Å². The molecular weight excluding hydrogens is 507 g/mol. The quantitative estimate of drug-likeness (QED) is 0.361. The Hall–Kier alpha value is -4.28. The summed E-state index contributed by atoms with van der Waals surface area (Å²) in [6, 6.07) is 7.57. The molecule has 1 saturated heterocycles. The Morgan fingerprint density at radius 2 is 1.63 bits per heavy atom. The van der Waals surface area contributed by atoms with Crippen molar-refractivity contribution in [3.8, 4) is 11.5 Å². The topological polar surface area (TPSA) is 100 Å². The predicted octanol–water partition coefficient (Wildman–Crippen LogP) is 4.08. The molecule has 6 rings (SSSR count). The van der Waals surface area contributed by atoms with Gasteiger partial charge in [-0.2, -0.15) is 13.2 Å². The van der Waals surface area contributed by atoms with Gasteiger partial charge in [0.1, 0.15) is 0 Å². The number of cyclic esters (lactones) is 1. The average molecular weight is 527 g/mol.